The van der Waals surface area contributed by atoms with E-state index in [-0.39, 0.29) is 5.91 Å². The zero-order valence-corrected chi connectivity index (χ0v) is 12.2. The van der Waals surface area contributed by atoms with E-state index in [0.29, 0.717) is 24.5 Å². The summed E-state index contributed by atoms with van der Waals surface area (Å²) < 4.78 is 1.79. The molecular weight excluding hydrogens is 280 g/mol. The van der Waals surface area contributed by atoms with Gasteiger partial charge in [-0.3, -0.25) is 19.6 Å². The average Bonchev–Trinajstić information content (AvgIpc) is 3.17. The fraction of sp³-hybridized carbons (Fsp3) is 0.200. The van der Waals surface area contributed by atoms with Gasteiger partial charge in [0.2, 0.25) is 0 Å². The SMILES string of the molecule is Cc1ccn(CCNC(=O)c2cc(-c3ccccn3)n[nH]2)n1. The lowest BCUT2D eigenvalue weighted by atomic mass is 10.2. The van der Waals surface area contributed by atoms with Crippen molar-refractivity contribution in [2.45, 2.75) is 13.5 Å². The van der Waals surface area contributed by atoms with Gasteiger partial charge in [0.25, 0.3) is 5.91 Å². The third kappa shape index (κ3) is 3.20. The number of aromatic amines is 1. The molecule has 0 fully saturated rings. The molecule has 0 saturated heterocycles. The molecule has 0 spiro atoms. The number of aromatic nitrogens is 5. The minimum atomic E-state index is -0.196. The van der Waals surface area contributed by atoms with Crippen molar-refractivity contribution in [2.24, 2.45) is 0 Å². The normalized spacial score (nSPS) is 10.6. The summed E-state index contributed by atoms with van der Waals surface area (Å²) in [5, 5.41) is 13.9. The molecule has 3 rings (SSSR count). The number of rotatable bonds is 5. The fourth-order valence-electron chi connectivity index (χ4n) is 2.05. The minimum absolute atomic E-state index is 0.196. The maximum Gasteiger partial charge on any atom is 0.269 e. The number of pyridine rings is 1. The first-order chi connectivity index (χ1) is 10.7. The van der Waals surface area contributed by atoms with Gasteiger partial charge in [-0.1, -0.05) is 6.07 Å². The third-order valence-corrected chi connectivity index (χ3v) is 3.15. The summed E-state index contributed by atoms with van der Waals surface area (Å²) in [6, 6.07) is 9.17. The molecule has 112 valence electrons. The summed E-state index contributed by atoms with van der Waals surface area (Å²) in [6.07, 6.45) is 3.58. The number of carbonyl (C=O) groups excluding carboxylic acids is 1. The summed E-state index contributed by atoms with van der Waals surface area (Å²) in [6.45, 7) is 3.05. The van der Waals surface area contributed by atoms with Crippen LogP contribution in [0.3, 0.4) is 0 Å². The third-order valence-electron chi connectivity index (χ3n) is 3.15. The van der Waals surface area contributed by atoms with Gasteiger partial charge in [0.1, 0.15) is 11.4 Å². The van der Waals surface area contributed by atoms with Crippen molar-refractivity contribution >= 4 is 5.91 Å². The molecule has 1 amide bonds. The van der Waals surface area contributed by atoms with Gasteiger partial charge in [-0.05, 0) is 31.2 Å². The highest BCUT2D eigenvalue weighted by Crippen LogP contribution is 2.13. The second-order valence-corrected chi connectivity index (χ2v) is 4.86. The number of H-pyrrole nitrogens is 1. The zero-order valence-electron chi connectivity index (χ0n) is 12.2. The Morgan fingerprint density at radius 1 is 1.32 bits per heavy atom. The predicted octanol–water partition coefficient (Wildman–Crippen LogP) is 1.41. The van der Waals surface area contributed by atoms with E-state index < -0.39 is 0 Å². The van der Waals surface area contributed by atoms with Crippen LogP contribution in [0.15, 0.2) is 42.7 Å². The molecule has 0 aliphatic rings. The van der Waals surface area contributed by atoms with Gasteiger partial charge < -0.3 is 5.32 Å². The molecule has 7 heteroatoms. The number of nitrogens with one attached hydrogen (secondary N) is 2. The average molecular weight is 296 g/mol. The topological polar surface area (TPSA) is 88.5 Å². The van der Waals surface area contributed by atoms with Crippen molar-refractivity contribution < 1.29 is 4.79 Å². The van der Waals surface area contributed by atoms with E-state index in [1.807, 2.05) is 37.4 Å². The van der Waals surface area contributed by atoms with Crippen LogP contribution in [0, 0.1) is 6.92 Å². The van der Waals surface area contributed by atoms with E-state index in [2.05, 4.69) is 25.6 Å². The second-order valence-electron chi connectivity index (χ2n) is 4.86. The number of aryl methyl sites for hydroxylation is 1. The van der Waals surface area contributed by atoms with Crippen molar-refractivity contribution in [3.05, 3.63) is 54.1 Å². The largest absolute Gasteiger partial charge is 0.349 e. The molecule has 0 atom stereocenters. The highest BCUT2D eigenvalue weighted by Gasteiger charge is 2.11. The highest BCUT2D eigenvalue weighted by molar-refractivity contribution is 5.93. The first-order valence-electron chi connectivity index (χ1n) is 6.97. The van der Waals surface area contributed by atoms with E-state index in [1.165, 1.54) is 0 Å². The van der Waals surface area contributed by atoms with Crippen LogP contribution >= 0.6 is 0 Å². The Kier molecular flexibility index (Phi) is 3.95. The molecule has 0 aliphatic heterocycles. The molecular formula is C15H16N6O. The van der Waals surface area contributed by atoms with Crippen molar-refractivity contribution in [1.29, 1.82) is 0 Å². The number of hydrogen-bond acceptors (Lipinski definition) is 4. The van der Waals surface area contributed by atoms with Gasteiger partial charge in [-0.15, -0.1) is 0 Å². The van der Waals surface area contributed by atoms with Crippen LogP contribution in [-0.2, 0) is 6.54 Å². The first-order valence-corrected chi connectivity index (χ1v) is 6.97. The predicted molar refractivity (Wildman–Crippen MR) is 81.1 cm³/mol. The Hall–Kier alpha value is -2.96. The summed E-state index contributed by atoms with van der Waals surface area (Å²) in [4.78, 5) is 16.3. The quantitative estimate of drug-likeness (QED) is 0.745. The summed E-state index contributed by atoms with van der Waals surface area (Å²) in [5.41, 5.74) is 2.75. The zero-order chi connectivity index (χ0) is 15.4. The lowest BCUT2D eigenvalue weighted by Crippen LogP contribution is -2.27. The molecule has 0 aromatic carbocycles. The molecule has 0 unspecified atom stereocenters. The standard InChI is InChI=1S/C15H16N6O/c1-11-5-8-21(20-11)9-7-17-15(22)14-10-13(18-19-14)12-4-2-3-6-16-12/h2-6,8,10H,7,9H2,1H3,(H,17,22)(H,18,19). The molecule has 3 aromatic rings. The smallest absolute Gasteiger partial charge is 0.269 e. The van der Waals surface area contributed by atoms with Gasteiger partial charge >= 0.3 is 0 Å². The molecule has 0 saturated carbocycles. The molecule has 3 heterocycles. The van der Waals surface area contributed by atoms with Gasteiger partial charge in [0, 0.05) is 18.9 Å². The number of nitrogens with zero attached hydrogens (tertiary/aromatic N) is 4. The molecule has 3 aromatic heterocycles. The van der Waals surface area contributed by atoms with Crippen molar-refractivity contribution in [2.75, 3.05) is 6.54 Å². The molecule has 0 radical (unpaired) electrons. The van der Waals surface area contributed by atoms with Crippen molar-refractivity contribution in [3.63, 3.8) is 0 Å². The second kappa shape index (κ2) is 6.21. The lowest BCUT2D eigenvalue weighted by Gasteiger charge is -2.03. The van der Waals surface area contributed by atoms with Crippen LogP contribution in [0.5, 0.6) is 0 Å². The Bertz CT molecular complexity index is 761. The Balaban J connectivity index is 1.58. The van der Waals surface area contributed by atoms with Gasteiger partial charge in [-0.2, -0.15) is 10.2 Å². The Morgan fingerprint density at radius 3 is 2.95 bits per heavy atom. The van der Waals surface area contributed by atoms with E-state index in [1.54, 1.807) is 16.9 Å². The van der Waals surface area contributed by atoms with Crippen LogP contribution in [0.4, 0.5) is 0 Å². The van der Waals surface area contributed by atoms with Crippen LogP contribution in [0.1, 0.15) is 16.2 Å². The van der Waals surface area contributed by atoms with Crippen molar-refractivity contribution in [1.82, 2.24) is 30.3 Å². The van der Waals surface area contributed by atoms with Crippen molar-refractivity contribution in [3.8, 4) is 11.4 Å². The number of carbonyl (C=O) groups is 1. The Morgan fingerprint density at radius 2 is 2.23 bits per heavy atom. The highest BCUT2D eigenvalue weighted by atomic mass is 16.1. The van der Waals surface area contributed by atoms with Gasteiger partial charge in [-0.25, -0.2) is 0 Å². The fourth-order valence-corrected chi connectivity index (χ4v) is 2.05. The van der Waals surface area contributed by atoms with E-state index >= 15 is 0 Å². The summed E-state index contributed by atoms with van der Waals surface area (Å²) in [7, 11) is 0. The number of amides is 1. The van der Waals surface area contributed by atoms with E-state index in [0.717, 1.165) is 11.4 Å². The van der Waals surface area contributed by atoms with E-state index in [4.69, 9.17) is 0 Å². The minimum Gasteiger partial charge on any atom is -0.349 e. The van der Waals surface area contributed by atoms with Crippen LogP contribution in [0.2, 0.25) is 0 Å². The Labute approximate surface area is 127 Å². The molecule has 22 heavy (non-hydrogen) atoms. The van der Waals surface area contributed by atoms with Crippen LogP contribution < -0.4 is 5.32 Å². The van der Waals surface area contributed by atoms with Gasteiger partial charge in [0.15, 0.2) is 0 Å². The van der Waals surface area contributed by atoms with Crippen LogP contribution in [0.25, 0.3) is 11.4 Å². The lowest BCUT2D eigenvalue weighted by molar-refractivity contribution is 0.0947. The summed E-state index contributed by atoms with van der Waals surface area (Å²) >= 11 is 0. The van der Waals surface area contributed by atoms with E-state index in [9.17, 15) is 4.79 Å². The monoisotopic (exact) mass is 296 g/mol. The summed E-state index contributed by atoms with van der Waals surface area (Å²) in [5.74, 6) is -0.196. The number of hydrogen-bond donors (Lipinski definition) is 2. The molecule has 0 bridgehead atoms. The molecule has 7 nitrogen and oxygen atoms in total. The maximum atomic E-state index is 12.1. The molecule has 2 N–H and O–H groups in total. The molecule has 0 aliphatic carbocycles. The van der Waals surface area contributed by atoms with Crippen LogP contribution in [-0.4, -0.2) is 37.4 Å². The van der Waals surface area contributed by atoms with Gasteiger partial charge in [0.05, 0.1) is 17.9 Å². The maximum absolute atomic E-state index is 12.1. The first kappa shape index (κ1) is 14.0.